The second-order valence-corrected chi connectivity index (χ2v) is 8.68. The molecule has 33 heavy (non-hydrogen) atoms. The quantitative estimate of drug-likeness (QED) is 0.545. The molecule has 8 heteroatoms. The average molecular weight is 451 g/mol. The number of pyridine rings is 1. The fraction of sp³-hybridized carbons (Fsp3) is 0.520. The number of nitrogens with zero attached hydrogens (tertiary/aromatic N) is 3. The summed E-state index contributed by atoms with van der Waals surface area (Å²) in [6.45, 7) is 2.31. The molecule has 0 aromatic carbocycles. The highest BCUT2D eigenvalue weighted by molar-refractivity contribution is 6.05. The van der Waals surface area contributed by atoms with Crippen molar-refractivity contribution in [2.24, 2.45) is 4.99 Å². The number of aliphatic hydroxyl groups is 1. The standard InChI is InChI=1S/C25H30N4O4/c1-3-10-25(31)11-13-29(14-12-25)24(30)28-21-7-5-4-6-19-20(18-8-15-33-16-9-18)17-26-23(32-2)22(19)27-21/h1,4,7,17-18,31H,6,8-16H2,2H3,(H,27,28,30). The molecule has 4 rings (SSSR count). The van der Waals surface area contributed by atoms with Crippen LogP contribution in [0.25, 0.3) is 0 Å². The van der Waals surface area contributed by atoms with E-state index in [1.807, 2.05) is 12.3 Å². The van der Waals surface area contributed by atoms with Gasteiger partial charge < -0.3 is 19.5 Å². The minimum Gasteiger partial charge on any atom is -0.479 e. The number of piperidine rings is 1. The van der Waals surface area contributed by atoms with E-state index < -0.39 is 5.60 Å². The molecule has 3 aliphatic rings. The Bertz CT molecular complexity index is 1020. The van der Waals surface area contributed by atoms with Crippen LogP contribution < -0.4 is 10.1 Å². The molecule has 2 saturated heterocycles. The van der Waals surface area contributed by atoms with Gasteiger partial charge in [-0.3, -0.25) is 5.32 Å². The Hall–Kier alpha value is -3.11. The number of terminal acetylenes is 1. The topological polar surface area (TPSA) is 96.3 Å². The van der Waals surface area contributed by atoms with Crippen molar-refractivity contribution < 1.29 is 19.4 Å². The number of aliphatic imine (C=N–C) groups is 1. The van der Waals surface area contributed by atoms with Gasteiger partial charge in [0.25, 0.3) is 0 Å². The van der Waals surface area contributed by atoms with Gasteiger partial charge in [0.15, 0.2) is 0 Å². The first-order valence-electron chi connectivity index (χ1n) is 11.4. The van der Waals surface area contributed by atoms with E-state index in [1.165, 1.54) is 0 Å². The summed E-state index contributed by atoms with van der Waals surface area (Å²) < 4.78 is 11.0. The van der Waals surface area contributed by atoms with Gasteiger partial charge in [-0.05, 0) is 48.8 Å². The van der Waals surface area contributed by atoms with Crippen molar-refractivity contribution in [1.82, 2.24) is 15.2 Å². The summed E-state index contributed by atoms with van der Waals surface area (Å²) in [6.07, 6.45) is 14.5. The number of carbonyl (C=O) groups is 1. The largest absolute Gasteiger partial charge is 0.479 e. The Kier molecular flexibility index (Phi) is 7.14. The number of methoxy groups -OCH3 is 1. The molecule has 3 aliphatic heterocycles. The highest BCUT2D eigenvalue weighted by Gasteiger charge is 2.33. The Balaban J connectivity index is 1.57. The van der Waals surface area contributed by atoms with E-state index in [1.54, 1.807) is 18.1 Å². The van der Waals surface area contributed by atoms with Gasteiger partial charge in [0, 0.05) is 51.4 Å². The summed E-state index contributed by atoms with van der Waals surface area (Å²) >= 11 is 0. The average Bonchev–Trinajstić information content (AvgIpc) is 2.81. The summed E-state index contributed by atoms with van der Waals surface area (Å²) in [5.74, 6) is 3.66. The zero-order valence-electron chi connectivity index (χ0n) is 19.0. The number of likely N-dealkylation sites (tertiary alicyclic amines) is 1. The number of amidine groups is 1. The molecule has 8 nitrogen and oxygen atoms in total. The molecule has 4 heterocycles. The van der Waals surface area contributed by atoms with Crippen molar-refractivity contribution in [3.63, 3.8) is 0 Å². The number of hydrogen-bond acceptors (Lipinski definition) is 6. The van der Waals surface area contributed by atoms with Crippen molar-refractivity contribution in [1.29, 1.82) is 0 Å². The van der Waals surface area contributed by atoms with Gasteiger partial charge in [0.05, 0.1) is 12.7 Å². The molecule has 0 unspecified atom stereocenters. The third-order valence-electron chi connectivity index (χ3n) is 6.54. The maximum Gasteiger partial charge on any atom is 0.323 e. The number of nitrogens with one attached hydrogen (secondary N) is 1. The van der Waals surface area contributed by atoms with Gasteiger partial charge in [-0.1, -0.05) is 0 Å². The van der Waals surface area contributed by atoms with E-state index in [0.29, 0.717) is 62.1 Å². The molecule has 1 aromatic heterocycles. The normalized spacial score (nSPS) is 20.2. The molecule has 0 radical (unpaired) electrons. The molecule has 2 amide bonds. The van der Waals surface area contributed by atoms with E-state index in [9.17, 15) is 9.90 Å². The maximum absolute atomic E-state index is 12.9. The minimum absolute atomic E-state index is 0.274. The second-order valence-electron chi connectivity index (χ2n) is 8.68. The van der Waals surface area contributed by atoms with E-state index >= 15 is 0 Å². The monoisotopic (exact) mass is 450 g/mol. The zero-order valence-corrected chi connectivity index (χ0v) is 19.0. The number of hydrogen-bond donors (Lipinski definition) is 2. The van der Waals surface area contributed by atoms with E-state index in [2.05, 4.69) is 22.0 Å². The second kappa shape index (κ2) is 10.2. The molecule has 0 spiro atoms. The van der Waals surface area contributed by atoms with Crippen LogP contribution in [0.2, 0.25) is 0 Å². The van der Waals surface area contributed by atoms with Crippen LogP contribution in [0, 0.1) is 12.3 Å². The molecular weight excluding hydrogens is 420 g/mol. The van der Waals surface area contributed by atoms with Gasteiger partial charge in [0.2, 0.25) is 5.88 Å². The number of aromatic nitrogens is 1. The Labute approximate surface area is 194 Å². The van der Waals surface area contributed by atoms with Gasteiger partial charge in [-0.15, -0.1) is 18.1 Å². The Morgan fingerprint density at radius 2 is 2.18 bits per heavy atom. The van der Waals surface area contributed by atoms with Gasteiger partial charge >= 0.3 is 6.03 Å². The predicted octanol–water partition coefficient (Wildman–Crippen LogP) is 2.84. The first-order valence-corrected chi connectivity index (χ1v) is 11.4. The van der Waals surface area contributed by atoms with Crippen molar-refractivity contribution in [2.45, 2.75) is 50.0 Å². The highest BCUT2D eigenvalue weighted by Crippen LogP contribution is 2.39. The summed E-state index contributed by atoms with van der Waals surface area (Å²) in [5.41, 5.74) is 5.04. The molecule has 2 N–H and O–H groups in total. The van der Waals surface area contributed by atoms with Crippen LogP contribution in [0.5, 0.6) is 5.88 Å². The number of ether oxygens (including phenoxy) is 2. The van der Waals surface area contributed by atoms with E-state index in [-0.39, 0.29) is 6.03 Å². The van der Waals surface area contributed by atoms with Crippen LogP contribution in [0.4, 0.5) is 10.5 Å². The first kappa shape index (κ1) is 23.1. The number of amides is 2. The Morgan fingerprint density at radius 3 is 2.88 bits per heavy atom. The van der Waals surface area contributed by atoms with Crippen molar-refractivity contribution in [3.05, 3.63) is 35.2 Å². The van der Waals surface area contributed by atoms with E-state index in [4.69, 9.17) is 20.9 Å². The third kappa shape index (κ3) is 5.28. The molecule has 0 bridgehead atoms. The smallest absolute Gasteiger partial charge is 0.323 e. The first-order chi connectivity index (χ1) is 16.0. The van der Waals surface area contributed by atoms with Crippen molar-refractivity contribution in [2.75, 3.05) is 33.4 Å². The molecular formula is C25H30N4O4. The highest BCUT2D eigenvalue weighted by atomic mass is 16.5. The zero-order chi connectivity index (χ0) is 23.3. The van der Waals surface area contributed by atoms with Crippen LogP contribution >= 0.6 is 0 Å². The van der Waals surface area contributed by atoms with E-state index in [0.717, 1.165) is 37.2 Å². The number of fused-ring (bicyclic) bond motifs is 1. The summed E-state index contributed by atoms with van der Waals surface area (Å²) in [5, 5.41) is 13.4. The SMILES string of the molecule is C#CCC1(O)CCN(C(=O)NC2=Nc3c(OC)ncc(C4CCOCC4)c3CC=C=C2)CC1. The molecule has 1 aromatic rings. The van der Waals surface area contributed by atoms with Gasteiger partial charge in [-0.2, -0.15) is 0 Å². The lowest BCUT2D eigenvalue weighted by atomic mass is 9.87. The number of rotatable bonds is 3. The summed E-state index contributed by atoms with van der Waals surface area (Å²) in [7, 11) is 1.57. The molecule has 0 saturated carbocycles. The van der Waals surface area contributed by atoms with Crippen LogP contribution in [0.15, 0.2) is 29.1 Å². The van der Waals surface area contributed by atoms with Crippen LogP contribution in [-0.4, -0.2) is 65.9 Å². The molecule has 174 valence electrons. The van der Waals surface area contributed by atoms with Crippen molar-refractivity contribution >= 4 is 17.6 Å². The third-order valence-corrected chi connectivity index (χ3v) is 6.54. The lowest BCUT2D eigenvalue weighted by Gasteiger charge is -2.37. The summed E-state index contributed by atoms with van der Waals surface area (Å²) in [6, 6.07) is -0.274. The number of urea groups is 1. The lowest BCUT2D eigenvalue weighted by Crippen LogP contribution is -2.50. The van der Waals surface area contributed by atoms with Crippen molar-refractivity contribution in [3.8, 4) is 18.2 Å². The van der Waals surface area contributed by atoms with Crippen LogP contribution in [0.1, 0.15) is 49.1 Å². The Morgan fingerprint density at radius 1 is 1.42 bits per heavy atom. The molecule has 2 fully saturated rings. The maximum atomic E-state index is 12.9. The predicted molar refractivity (Wildman–Crippen MR) is 125 cm³/mol. The van der Waals surface area contributed by atoms with Gasteiger partial charge in [0.1, 0.15) is 11.5 Å². The lowest BCUT2D eigenvalue weighted by molar-refractivity contribution is -0.00720. The van der Waals surface area contributed by atoms with Crippen LogP contribution in [-0.2, 0) is 11.2 Å². The van der Waals surface area contributed by atoms with Crippen LogP contribution in [0.3, 0.4) is 0 Å². The minimum atomic E-state index is -0.898. The fourth-order valence-electron chi connectivity index (χ4n) is 4.57. The molecule has 0 aliphatic carbocycles. The summed E-state index contributed by atoms with van der Waals surface area (Å²) in [4.78, 5) is 23.8. The fourth-order valence-corrected chi connectivity index (χ4v) is 4.57. The molecule has 0 atom stereocenters. The van der Waals surface area contributed by atoms with Gasteiger partial charge in [-0.25, -0.2) is 14.8 Å². The number of carbonyl (C=O) groups excluding carboxylic acids is 1.